The van der Waals surface area contributed by atoms with Crippen LogP contribution < -0.4 is 20.7 Å². The zero-order valence-electron chi connectivity index (χ0n) is 18.3. The molecule has 0 saturated carbocycles. The number of urea groups is 1. The average molecular weight is 448 g/mol. The van der Waals surface area contributed by atoms with Crippen LogP contribution in [0.3, 0.4) is 0 Å². The molecule has 0 radical (unpaired) electrons. The third-order valence-corrected chi connectivity index (χ3v) is 4.34. The average Bonchev–Trinajstić information content (AvgIpc) is 2.79. The number of carbonyl (C=O) groups excluding carboxylic acids is 2. The second-order valence-corrected chi connectivity index (χ2v) is 7.48. The first-order valence-electron chi connectivity index (χ1n) is 10.4. The van der Waals surface area contributed by atoms with Crippen LogP contribution in [0.25, 0.3) is 6.08 Å². The molecule has 7 nitrogen and oxygen atoms in total. The number of benzene rings is 2. The van der Waals surface area contributed by atoms with Crippen LogP contribution in [-0.2, 0) is 11.3 Å². The predicted molar refractivity (Wildman–Crippen MR) is 125 cm³/mol. The predicted octanol–water partition coefficient (Wildman–Crippen LogP) is 4.87. The maximum atomic E-state index is 14.3. The van der Waals surface area contributed by atoms with E-state index in [1.807, 2.05) is 26.0 Å². The zero-order chi connectivity index (χ0) is 23.6. The van der Waals surface area contributed by atoms with Gasteiger partial charge in [0.25, 0.3) is 0 Å². The Bertz CT molecular complexity index is 1120. The van der Waals surface area contributed by atoms with Crippen molar-refractivity contribution in [3.05, 3.63) is 90.0 Å². The number of pyridine rings is 1. The van der Waals surface area contributed by atoms with E-state index >= 15 is 0 Å². The van der Waals surface area contributed by atoms with Gasteiger partial charge in [-0.3, -0.25) is 9.78 Å². The number of anilines is 1. The molecule has 3 N–H and O–H groups in total. The number of carbonyl (C=O) groups is 2. The smallest absolute Gasteiger partial charge is 0.319 e. The largest absolute Gasteiger partial charge is 0.453 e. The molecular formula is C25H25FN4O3. The standard InChI is InChI=1S/C25H25FN4O3/c1-17(2)29-25(32)30-20-9-5-19(6-10-20)15-28-24(31)12-8-18-7-11-23(22(26)14-18)33-21-4-3-13-27-16-21/h3-14,16-17H,15H2,1-2H3,(H,28,31)(H2,29,30,32)/b12-8+. The Hall–Kier alpha value is -4.20. The van der Waals surface area contributed by atoms with Gasteiger partial charge in [-0.05, 0) is 67.4 Å². The summed E-state index contributed by atoms with van der Waals surface area (Å²) in [5, 5.41) is 8.24. The molecule has 33 heavy (non-hydrogen) atoms. The van der Waals surface area contributed by atoms with E-state index < -0.39 is 5.82 Å². The van der Waals surface area contributed by atoms with Crippen molar-refractivity contribution in [3.8, 4) is 11.5 Å². The van der Waals surface area contributed by atoms with Crippen molar-refractivity contribution in [1.29, 1.82) is 0 Å². The van der Waals surface area contributed by atoms with E-state index in [1.54, 1.807) is 36.5 Å². The summed E-state index contributed by atoms with van der Waals surface area (Å²) in [5.41, 5.74) is 2.05. The van der Waals surface area contributed by atoms with Gasteiger partial charge in [-0.25, -0.2) is 9.18 Å². The summed E-state index contributed by atoms with van der Waals surface area (Å²) in [6.07, 6.45) is 5.95. The summed E-state index contributed by atoms with van der Waals surface area (Å²) in [5.74, 6) is -0.354. The van der Waals surface area contributed by atoms with Crippen molar-refractivity contribution in [2.75, 3.05) is 5.32 Å². The first-order chi connectivity index (χ1) is 15.9. The number of hydrogen-bond donors (Lipinski definition) is 3. The molecule has 0 atom stereocenters. The summed E-state index contributed by atoms with van der Waals surface area (Å²) >= 11 is 0. The highest BCUT2D eigenvalue weighted by Crippen LogP contribution is 2.24. The fraction of sp³-hybridized carbons (Fsp3) is 0.160. The van der Waals surface area contributed by atoms with E-state index in [-0.39, 0.29) is 23.7 Å². The molecule has 0 aliphatic heterocycles. The molecule has 8 heteroatoms. The SMILES string of the molecule is CC(C)NC(=O)Nc1ccc(CNC(=O)/C=C/c2ccc(Oc3cccnc3)c(F)c2)cc1. The van der Waals surface area contributed by atoms with Crippen LogP contribution >= 0.6 is 0 Å². The number of nitrogens with zero attached hydrogens (tertiary/aromatic N) is 1. The topological polar surface area (TPSA) is 92.4 Å². The third-order valence-electron chi connectivity index (χ3n) is 4.34. The highest BCUT2D eigenvalue weighted by atomic mass is 19.1. The summed E-state index contributed by atoms with van der Waals surface area (Å²) in [6.45, 7) is 4.07. The first kappa shape index (κ1) is 23.5. The second kappa shape index (κ2) is 11.4. The zero-order valence-corrected chi connectivity index (χ0v) is 18.3. The quantitative estimate of drug-likeness (QED) is 0.429. The Balaban J connectivity index is 1.49. The number of aromatic nitrogens is 1. The first-order valence-corrected chi connectivity index (χ1v) is 10.4. The Kier molecular flexibility index (Phi) is 8.13. The van der Waals surface area contributed by atoms with Gasteiger partial charge in [-0.1, -0.05) is 18.2 Å². The van der Waals surface area contributed by atoms with Gasteiger partial charge < -0.3 is 20.7 Å². The Labute approximate surface area is 191 Å². The molecule has 1 aromatic heterocycles. The van der Waals surface area contributed by atoms with E-state index in [2.05, 4.69) is 20.9 Å². The highest BCUT2D eigenvalue weighted by molar-refractivity contribution is 5.91. The van der Waals surface area contributed by atoms with Gasteiger partial charge in [0, 0.05) is 30.5 Å². The fourth-order valence-electron chi connectivity index (χ4n) is 2.79. The second-order valence-electron chi connectivity index (χ2n) is 7.48. The van der Waals surface area contributed by atoms with Gasteiger partial charge in [0.15, 0.2) is 11.6 Å². The van der Waals surface area contributed by atoms with Gasteiger partial charge in [-0.2, -0.15) is 0 Å². The number of halogens is 1. The lowest BCUT2D eigenvalue weighted by Crippen LogP contribution is -2.34. The van der Waals surface area contributed by atoms with Crippen molar-refractivity contribution in [1.82, 2.24) is 15.6 Å². The molecule has 170 valence electrons. The molecule has 2 aromatic carbocycles. The number of ether oxygens (including phenoxy) is 1. The Morgan fingerprint density at radius 3 is 2.58 bits per heavy atom. The number of rotatable bonds is 8. The molecular weight excluding hydrogens is 423 g/mol. The van der Waals surface area contributed by atoms with E-state index in [4.69, 9.17) is 4.74 Å². The molecule has 3 rings (SSSR count). The molecule has 0 aliphatic rings. The lowest BCUT2D eigenvalue weighted by atomic mass is 10.2. The summed E-state index contributed by atoms with van der Waals surface area (Å²) in [7, 11) is 0. The van der Waals surface area contributed by atoms with Crippen molar-refractivity contribution >= 4 is 23.7 Å². The molecule has 0 saturated heterocycles. The Morgan fingerprint density at radius 1 is 1.12 bits per heavy atom. The van der Waals surface area contributed by atoms with Gasteiger partial charge in [0.2, 0.25) is 5.91 Å². The molecule has 0 aliphatic carbocycles. The lowest BCUT2D eigenvalue weighted by Gasteiger charge is -2.10. The van der Waals surface area contributed by atoms with Crippen molar-refractivity contribution in [2.45, 2.75) is 26.4 Å². The van der Waals surface area contributed by atoms with Gasteiger partial charge in [-0.15, -0.1) is 0 Å². The summed E-state index contributed by atoms with van der Waals surface area (Å²) in [6, 6.07) is 14.7. The van der Waals surface area contributed by atoms with Crippen LogP contribution in [0.4, 0.5) is 14.9 Å². The van der Waals surface area contributed by atoms with Crippen molar-refractivity contribution < 1.29 is 18.7 Å². The summed E-state index contributed by atoms with van der Waals surface area (Å²) in [4.78, 5) is 27.7. The minimum Gasteiger partial charge on any atom is -0.453 e. The summed E-state index contributed by atoms with van der Waals surface area (Å²) < 4.78 is 19.7. The number of amides is 3. The van der Waals surface area contributed by atoms with Gasteiger partial charge in [0.1, 0.15) is 5.75 Å². The minimum atomic E-state index is -0.544. The van der Waals surface area contributed by atoms with Crippen molar-refractivity contribution in [3.63, 3.8) is 0 Å². The monoisotopic (exact) mass is 448 g/mol. The molecule has 0 fully saturated rings. The number of nitrogens with one attached hydrogen (secondary N) is 3. The molecule has 0 unspecified atom stereocenters. The van der Waals surface area contributed by atoms with Crippen molar-refractivity contribution in [2.24, 2.45) is 0 Å². The Morgan fingerprint density at radius 2 is 1.91 bits per heavy atom. The van der Waals surface area contributed by atoms with E-state index in [9.17, 15) is 14.0 Å². The minimum absolute atomic E-state index is 0.0437. The van der Waals surface area contributed by atoms with E-state index in [0.717, 1.165) is 5.56 Å². The highest BCUT2D eigenvalue weighted by Gasteiger charge is 2.06. The molecule has 3 aromatic rings. The van der Waals surface area contributed by atoms with Gasteiger partial charge in [0.05, 0.1) is 6.20 Å². The third kappa shape index (κ3) is 7.77. The van der Waals surface area contributed by atoms with Crippen LogP contribution in [-0.4, -0.2) is 23.0 Å². The molecule has 0 bridgehead atoms. The maximum absolute atomic E-state index is 14.3. The number of hydrogen-bond acceptors (Lipinski definition) is 4. The molecule has 3 amide bonds. The van der Waals surface area contributed by atoms with Crippen LogP contribution in [0.5, 0.6) is 11.5 Å². The van der Waals surface area contributed by atoms with Crippen LogP contribution in [0.1, 0.15) is 25.0 Å². The van der Waals surface area contributed by atoms with Crippen LogP contribution in [0.2, 0.25) is 0 Å². The molecule has 1 heterocycles. The van der Waals surface area contributed by atoms with Crippen LogP contribution in [0, 0.1) is 5.82 Å². The molecule has 0 spiro atoms. The van der Waals surface area contributed by atoms with E-state index in [0.29, 0.717) is 23.5 Å². The maximum Gasteiger partial charge on any atom is 0.319 e. The normalized spacial score (nSPS) is 10.8. The van der Waals surface area contributed by atoms with E-state index in [1.165, 1.54) is 30.5 Å². The lowest BCUT2D eigenvalue weighted by molar-refractivity contribution is -0.116. The fourth-order valence-corrected chi connectivity index (χ4v) is 2.79. The van der Waals surface area contributed by atoms with Crippen LogP contribution in [0.15, 0.2) is 73.1 Å². The van der Waals surface area contributed by atoms with Gasteiger partial charge >= 0.3 is 6.03 Å².